The van der Waals surface area contributed by atoms with Gasteiger partial charge in [0.15, 0.2) is 5.82 Å². The Morgan fingerprint density at radius 3 is 2.76 bits per heavy atom. The smallest absolute Gasteiger partial charge is 0.227 e. The summed E-state index contributed by atoms with van der Waals surface area (Å²) in [6.07, 6.45) is 1.81. The van der Waals surface area contributed by atoms with Crippen LogP contribution in [0, 0.1) is 0 Å². The summed E-state index contributed by atoms with van der Waals surface area (Å²) in [6, 6.07) is 13.1. The van der Waals surface area contributed by atoms with Gasteiger partial charge < -0.3 is 10.1 Å². The molecule has 1 amide bonds. The van der Waals surface area contributed by atoms with Gasteiger partial charge in [-0.3, -0.25) is 14.9 Å². The molecule has 25 heavy (non-hydrogen) atoms. The number of amides is 1. The molecule has 0 aliphatic carbocycles. The molecule has 0 bridgehead atoms. The van der Waals surface area contributed by atoms with E-state index in [1.54, 1.807) is 6.20 Å². The van der Waals surface area contributed by atoms with Crippen LogP contribution in [0.4, 0.5) is 0 Å². The van der Waals surface area contributed by atoms with Crippen molar-refractivity contribution in [3.63, 3.8) is 0 Å². The van der Waals surface area contributed by atoms with Gasteiger partial charge in [-0.25, -0.2) is 4.98 Å². The lowest BCUT2D eigenvalue weighted by molar-refractivity contribution is -0.120. The summed E-state index contributed by atoms with van der Waals surface area (Å²) in [4.78, 5) is 20.5. The molecule has 3 rings (SSSR count). The summed E-state index contributed by atoms with van der Waals surface area (Å²) in [6.45, 7) is 3.02. The van der Waals surface area contributed by atoms with Gasteiger partial charge in [-0.2, -0.15) is 5.10 Å². The molecule has 128 valence electrons. The van der Waals surface area contributed by atoms with E-state index in [4.69, 9.17) is 4.74 Å². The number of carbonyl (C=O) groups excluding carboxylic acids is 1. The Morgan fingerprint density at radius 1 is 1.20 bits per heavy atom. The molecule has 7 heteroatoms. The third-order valence-electron chi connectivity index (χ3n) is 3.48. The van der Waals surface area contributed by atoms with Crippen molar-refractivity contribution < 1.29 is 9.53 Å². The Hall–Kier alpha value is -3.22. The van der Waals surface area contributed by atoms with E-state index in [9.17, 15) is 4.79 Å². The van der Waals surface area contributed by atoms with Gasteiger partial charge >= 0.3 is 0 Å². The number of benzene rings is 1. The van der Waals surface area contributed by atoms with E-state index < -0.39 is 0 Å². The topological polar surface area (TPSA) is 92.8 Å². The molecule has 2 heterocycles. The predicted molar refractivity (Wildman–Crippen MR) is 92.8 cm³/mol. The van der Waals surface area contributed by atoms with E-state index in [0.29, 0.717) is 30.5 Å². The highest BCUT2D eigenvalue weighted by Crippen LogP contribution is 2.12. The number of ether oxygens (including phenoxy) is 1. The van der Waals surface area contributed by atoms with Crippen molar-refractivity contribution in [2.24, 2.45) is 0 Å². The van der Waals surface area contributed by atoms with E-state index in [-0.39, 0.29) is 12.3 Å². The molecule has 2 N–H and O–H groups in total. The minimum absolute atomic E-state index is 0.127. The van der Waals surface area contributed by atoms with Crippen LogP contribution in [-0.2, 0) is 17.8 Å². The van der Waals surface area contributed by atoms with Gasteiger partial charge in [-0.15, -0.1) is 0 Å². The summed E-state index contributed by atoms with van der Waals surface area (Å²) >= 11 is 0. The molecule has 0 atom stereocenters. The first-order valence-electron chi connectivity index (χ1n) is 8.05. The number of rotatable bonds is 7. The number of pyridine rings is 1. The van der Waals surface area contributed by atoms with Crippen LogP contribution >= 0.6 is 0 Å². The lowest BCUT2D eigenvalue weighted by Gasteiger charge is -2.06. The number of hydrogen-bond donors (Lipinski definition) is 2. The second kappa shape index (κ2) is 8.05. The second-order valence-corrected chi connectivity index (χ2v) is 5.35. The van der Waals surface area contributed by atoms with E-state index in [1.165, 1.54) is 0 Å². The molecule has 0 aliphatic rings. The van der Waals surface area contributed by atoms with Crippen molar-refractivity contribution in [2.45, 2.75) is 19.9 Å². The zero-order valence-corrected chi connectivity index (χ0v) is 13.9. The average Bonchev–Trinajstić information content (AvgIpc) is 3.11. The molecule has 3 aromatic rings. The zero-order valence-electron chi connectivity index (χ0n) is 13.9. The maximum atomic E-state index is 12.1. The third-order valence-corrected chi connectivity index (χ3v) is 3.48. The Bertz CT molecular complexity index is 815. The van der Waals surface area contributed by atoms with E-state index in [2.05, 4.69) is 25.5 Å². The van der Waals surface area contributed by atoms with Crippen LogP contribution < -0.4 is 10.1 Å². The molecule has 2 aromatic heterocycles. The van der Waals surface area contributed by atoms with Crippen LogP contribution in [0.15, 0.2) is 48.7 Å². The first-order chi connectivity index (χ1) is 12.2. The second-order valence-electron chi connectivity index (χ2n) is 5.35. The number of carbonyl (C=O) groups is 1. The molecule has 1 aromatic carbocycles. The summed E-state index contributed by atoms with van der Waals surface area (Å²) in [7, 11) is 0. The first-order valence-corrected chi connectivity index (χ1v) is 8.05. The maximum absolute atomic E-state index is 12.1. The molecule has 0 unspecified atom stereocenters. The standard InChI is InChI=1S/C18H19N5O2/c1-2-25-14-8-6-13(7-9-14)12-20-17(24)11-16-21-18(23-22-16)15-5-3-4-10-19-15/h3-10H,2,11-12H2,1H3,(H,20,24)(H,21,22,23). The lowest BCUT2D eigenvalue weighted by atomic mass is 10.2. The van der Waals surface area contributed by atoms with Gasteiger partial charge in [0.2, 0.25) is 5.91 Å². The van der Waals surface area contributed by atoms with Gasteiger partial charge in [-0.05, 0) is 36.8 Å². The fraction of sp³-hybridized carbons (Fsp3) is 0.222. The number of nitrogens with zero attached hydrogens (tertiary/aromatic N) is 3. The fourth-order valence-electron chi connectivity index (χ4n) is 2.27. The Labute approximate surface area is 145 Å². The zero-order chi connectivity index (χ0) is 17.5. The van der Waals surface area contributed by atoms with Crippen molar-refractivity contribution in [1.29, 1.82) is 0 Å². The number of hydrogen-bond acceptors (Lipinski definition) is 5. The van der Waals surface area contributed by atoms with Crippen molar-refractivity contribution in [2.75, 3.05) is 6.61 Å². The highest BCUT2D eigenvalue weighted by Gasteiger charge is 2.10. The van der Waals surface area contributed by atoms with Gasteiger partial charge in [0.05, 0.1) is 13.0 Å². The number of aromatic amines is 1. The minimum Gasteiger partial charge on any atom is -0.494 e. The lowest BCUT2D eigenvalue weighted by Crippen LogP contribution is -2.25. The highest BCUT2D eigenvalue weighted by molar-refractivity contribution is 5.77. The van der Waals surface area contributed by atoms with E-state index in [1.807, 2.05) is 49.4 Å². The molecule has 0 saturated heterocycles. The summed E-state index contributed by atoms with van der Waals surface area (Å²) in [5, 5.41) is 9.73. The Morgan fingerprint density at radius 2 is 2.04 bits per heavy atom. The average molecular weight is 337 g/mol. The van der Waals surface area contributed by atoms with Crippen LogP contribution in [0.2, 0.25) is 0 Å². The number of H-pyrrole nitrogens is 1. The Balaban J connectivity index is 1.52. The summed E-state index contributed by atoms with van der Waals surface area (Å²) in [5.41, 5.74) is 1.67. The molecular formula is C18H19N5O2. The van der Waals surface area contributed by atoms with Gasteiger partial charge in [-0.1, -0.05) is 18.2 Å². The monoisotopic (exact) mass is 337 g/mol. The molecule has 7 nitrogen and oxygen atoms in total. The third kappa shape index (κ3) is 4.63. The van der Waals surface area contributed by atoms with Crippen LogP contribution in [0.5, 0.6) is 5.75 Å². The van der Waals surface area contributed by atoms with Gasteiger partial charge in [0.25, 0.3) is 0 Å². The molecule has 0 spiro atoms. The molecule has 0 radical (unpaired) electrons. The molecule has 0 saturated carbocycles. The number of aromatic nitrogens is 4. The highest BCUT2D eigenvalue weighted by atomic mass is 16.5. The Kier molecular flexibility index (Phi) is 5.36. The summed E-state index contributed by atoms with van der Waals surface area (Å²) < 4.78 is 5.39. The molecular weight excluding hydrogens is 318 g/mol. The quantitative estimate of drug-likeness (QED) is 0.689. The summed E-state index contributed by atoms with van der Waals surface area (Å²) in [5.74, 6) is 1.68. The van der Waals surface area contributed by atoms with Crippen LogP contribution in [0.3, 0.4) is 0 Å². The van der Waals surface area contributed by atoms with Gasteiger partial charge in [0.1, 0.15) is 17.3 Å². The normalized spacial score (nSPS) is 10.4. The molecule has 0 aliphatic heterocycles. The largest absolute Gasteiger partial charge is 0.494 e. The van der Waals surface area contributed by atoms with E-state index >= 15 is 0 Å². The minimum atomic E-state index is -0.127. The van der Waals surface area contributed by atoms with Gasteiger partial charge in [0, 0.05) is 12.7 Å². The first kappa shape index (κ1) is 16.6. The fourth-order valence-corrected chi connectivity index (χ4v) is 2.27. The van der Waals surface area contributed by atoms with Crippen molar-refractivity contribution in [3.05, 3.63) is 60.0 Å². The van der Waals surface area contributed by atoms with Crippen LogP contribution in [0.25, 0.3) is 11.5 Å². The van der Waals surface area contributed by atoms with Crippen molar-refractivity contribution in [1.82, 2.24) is 25.5 Å². The SMILES string of the molecule is CCOc1ccc(CNC(=O)Cc2nc(-c3ccccn3)n[nH]2)cc1. The van der Waals surface area contributed by atoms with Crippen molar-refractivity contribution >= 4 is 5.91 Å². The maximum Gasteiger partial charge on any atom is 0.227 e. The van der Waals surface area contributed by atoms with E-state index in [0.717, 1.165) is 11.3 Å². The predicted octanol–water partition coefficient (Wildman–Crippen LogP) is 2.12. The van der Waals surface area contributed by atoms with Crippen LogP contribution in [-0.4, -0.2) is 32.7 Å². The van der Waals surface area contributed by atoms with Crippen LogP contribution in [0.1, 0.15) is 18.3 Å². The van der Waals surface area contributed by atoms with Crippen molar-refractivity contribution in [3.8, 4) is 17.3 Å². The molecule has 0 fully saturated rings. The number of nitrogens with one attached hydrogen (secondary N) is 2.